The maximum Gasteiger partial charge on any atom is 0.247 e. The van der Waals surface area contributed by atoms with E-state index in [-0.39, 0.29) is 11.9 Å². The Kier molecular flexibility index (Phi) is 4.24. The predicted molar refractivity (Wildman–Crippen MR) is 98.8 cm³/mol. The summed E-state index contributed by atoms with van der Waals surface area (Å²) in [5.41, 5.74) is 1.01. The number of furan rings is 1. The van der Waals surface area contributed by atoms with Crippen molar-refractivity contribution in [3.05, 3.63) is 57.9 Å². The van der Waals surface area contributed by atoms with Gasteiger partial charge in [0.15, 0.2) is 4.67 Å². The van der Waals surface area contributed by atoms with Gasteiger partial charge in [0.2, 0.25) is 5.91 Å². The van der Waals surface area contributed by atoms with Gasteiger partial charge in [0.25, 0.3) is 0 Å². The summed E-state index contributed by atoms with van der Waals surface area (Å²) in [6.45, 7) is 0.769. The lowest BCUT2D eigenvalue weighted by atomic mass is 10.2. The van der Waals surface area contributed by atoms with Crippen molar-refractivity contribution in [2.75, 3.05) is 6.54 Å². The normalized spacial score (nSPS) is 18.0. The number of benzene rings is 1. The maximum atomic E-state index is 12.6. The second-order valence-corrected chi connectivity index (χ2v) is 7.53. The highest BCUT2D eigenvalue weighted by atomic mass is 79.9. The van der Waals surface area contributed by atoms with Crippen LogP contribution in [0.5, 0.6) is 0 Å². The summed E-state index contributed by atoms with van der Waals surface area (Å²) in [5.74, 6) is 0.662. The first-order valence-corrected chi connectivity index (χ1v) is 9.41. The minimum atomic E-state index is 0.00396. The summed E-state index contributed by atoms with van der Waals surface area (Å²) in [5, 5.41) is 1.02. The van der Waals surface area contributed by atoms with Crippen LogP contribution in [-0.2, 0) is 4.79 Å². The van der Waals surface area contributed by atoms with E-state index in [1.54, 1.807) is 23.5 Å². The molecule has 0 saturated carbocycles. The number of thiazole rings is 1. The van der Waals surface area contributed by atoms with E-state index in [0.29, 0.717) is 10.4 Å². The molecule has 4 nitrogen and oxygen atoms in total. The molecule has 24 heavy (non-hydrogen) atoms. The SMILES string of the molecule is O=C(/C=C/c1ccc(Br)o1)N1CCC[C@@H]1c1nc2ccccc2s1. The number of carbonyl (C=O) groups is 1. The number of likely N-dealkylation sites (tertiary alicyclic amines) is 1. The molecule has 0 radical (unpaired) electrons. The quantitative estimate of drug-likeness (QED) is 0.577. The molecule has 1 aromatic carbocycles. The third kappa shape index (κ3) is 3.03. The Labute approximate surface area is 151 Å². The molecule has 2 aromatic heterocycles. The average molecular weight is 403 g/mol. The molecule has 1 fully saturated rings. The molecule has 0 unspecified atom stereocenters. The zero-order valence-electron chi connectivity index (χ0n) is 12.8. The van der Waals surface area contributed by atoms with Gasteiger partial charge in [-0.2, -0.15) is 0 Å². The van der Waals surface area contributed by atoms with Gasteiger partial charge in [-0.15, -0.1) is 11.3 Å². The van der Waals surface area contributed by atoms with E-state index < -0.39 is 0 Å². The lowest BCUT2D eigenvalue weighted by Gasteiger charge is -2.21. The van der Waals surface area contributed by atoms with Gasteiger partial charge < -0.3 is 9.32 Å². The zero-order chi connectivity index (χ0) is 16.5. The van der Waals surface area contributed by atoms with E-state index in [1.807, 2.05) is 35.2 Å². The fourth-order valence-electron chi connectivity index (χ4n) is 2.99. The third-order valence-corrected chi connectivity index (χ3v) is 5.68. The van der Waals surface area contributed by atoms with Crippen molar-refractivity contribution in [3.63, 3.8) is 0 Å². The van der Waals surface area contributed by atoms with Crippen molar-refractivity contribution in [1.82, 2.24) is 9.88 Å². The van der Waals surface area contributed by atoms with Crippen LogP contribution in [0.4, 0.5) is 0 Å². The van der Waals surface area contributed by atoms with Gasteiger partial charge in [-0.25, -0.2) is 4.98 Å². The molecule has 1 amide bonds. The standard InChI is InChI=1S/C18H15BrN2O2S/c19-16-9-7-12(23-16)8-10-17(22)21-11-3-5-14(21)18-20-13-4-1-2-6-15(13)24-18/h1-2,4,6-10,14H,3,5,11H2/b10-8+/t14-/m1/s1. The van der Waals surface area contributed by atoms with E-state index in [9.17, 15) is 4.79 Å². The summed E-state index contributed by atoms with van der Waals surface area (Å²) in [6, 6.07) is 11.8. The molecule has 0 N–H and O–H groups in total. The molecule has 1 atom stereocenters. The first-order chi connectivity index (χ1) is 11.7. The van der Waals surface area contributed by atoms with Crippen LogP contribution in [0.2, 0.25) is 0 Å². The van der Waals surface area contributed by atoms with Crippen LogP contribution >= 0.6 is 27.3 Å². The van der Waals surface area contributed by atoms with Crippen LogP contribution in [-0.4, -0.2) is 22.3 Å². The van der Waals surface area contributed by atoms with Crippen LogP contribution in [0, 0.1) is 0 Å². The summed E-state index contributed by atoms with van der Waals surface area (Å²) >= 11 is 4.94. The van der Waals surface area contributed by atoms with Gasteiger partial charge >= 0.3 is 0 Å². The molecule has 1 aliphatic heterocycles. The third-order valence-electron chi connectivity index (χ3n) is 4.12. The van der Waals surface area contributed by atoms with E-state index in [0.717, 1.165) is 29.9 Å². The Balaban J connectivity index is 1.55. The van der Waals surface area contributed by atoms with E-state index >= 15 is 0 Å². The maximum absolute atomic E-state index is 12.6. The van der Waals surface area contributed by atoms with Gasteiger partial charge in [0, 0.05) is 12.6 Å². The van der Waals surface area contributed by atoms with E-state index in [4.69, 9.17) is 9.40 Å². The Morgan fingerprint density at radius 1 is 1.33 bits per heavy atom. The van der Waals surface area contributed by atoms with Crippen LogP contribution in [0.15, 0.2) is 51.6 Å². The van der Waals surface area contributed by atoms with Crippen molar-refractivity contribution in [2.24, 2.45) is 0 Å². The van der Waals surface area contributed by atoms with E-state index in [1.165, 1.54) is 4.70 Å². The summed E-state index contributed by atoms with van der Waals surface area (Å²) in [6.07, 6.45) is 5.26. The summed E-state index contributed by atoms with van der Waals surface area (Å²) in [4.78, 5) is 19.2. The number of hydrogen-bond acceptors (Lipinski definition) is 4. The van der Waals surface area contributed by atoms with Gasteiger partial charge in [-0.1, -0.05) is 12.1 Å². The minimum absolute atomic E-state index is 0.00396. The highest BCUT2D eigenvalue weighted by Crippen LogP contribution is 2.36. The second kappa shape index (κ2) is 6.53. The first-order valence-electron chi connectivity index (χ1n) is 7.80. The lowest BCUT2D eigenvalue weighted by Crippen LogP contribution is -2.28. The highest BCUT2D eigenvalue weighted by Gasteiger charge is 2.31. The fraction of sp³-hybridized carbons (Fsp3) is 0.222. The molecular formula is C18H15BrN2O2S. The van der Waals surface area contributed by atoms with Crippen molar-refractivity contribution in [1.29, 1.82) is 0 Å². The van der Waals surface area contributed by atoms with Crippen molar-refractivity contribution in [2.45, 2.75) is 18.9 Å². The number of halogens is 1. The topological polar surface area (TPSA) is 46.3 Å². The smallest absolute Gasteiger partial charge is 0.247 e. The number of carbonyl (C=O) groups excluding carboxylic acids is 1. The Hall–Kier alpha value is -1.92. The average Bonchev–Trinajstić information content (AvgIpc) is 3.30. The minimum Gasteiger partial charge on any atom is -0.450 e. The largest absolute Gasteiger partial charge is 0.450 e. The molecular weight excluding hydrogens is 388 g/mol. The van der Waals surface area contributed by atoms with Crippen LogP contribution in [0.3, 0.4) is 0 Å². The number of fused-ring (bicyclic) bond motifs is 1. The summed E-state index contributed by atoms with van der Waals surface area (Å²) < 4.78 is 7.22. The monoisotopic (exact) mass is 402 g/mol. The van der Waals surface area contributed by atoms with Crippen molar-refractivity contribution >= 4 is 49.5 Å². The Morgan fingerprint density at radius 3 is 3.00 bits per heavy atom. The van der Waals surface area contributed by atoms with Crippen molar-refractivity contribution in [3.8, 4) is 0 Å². The number of hydrogen-bond donors (Lipinski definition) is 0. The molecule has 0 aliphatic carbocycles. The van der Waals surface area contributed by atoms with Crippen LogP contribution in [0.25, 0.3) is 16.3 Å². The fourth-order valence-corrected chi connectivity index (χ4v) is 4.42. The second-order valence-electron chi connectivity index (χ2n) is 5.68. The molecule has 3 aromatic rings. The summed E-state index contributed by atoms with van der Waals surface area (Å²) in [7, 11) is 0. The number of amides is 1. The molecule has 4 rings (SSSR count). The molecule has 3 heterocycles. The number of para-hydroxylation sites is 1. The molecule has 122 valence electrons. The number of rotatable bonds is 3. The molecule has 0 bridgehead atoms. The number of aromatic nitrogens is 1. The van der Waals surface area contributed by atoms with E-state index in [2.05, 4.69) is 22.0 Å². The van der Waals surface area contributed by atoms with Gasteiger partial charge in [-0.05, 0) is 59.1 Å². The van der Waals surface area contributed by atoms with Crippen LogP contribution < -0.4 is 0 Å². The molecule has 1 saturated heterocycles. The highest BCUT2D eigenvalue weighted by molar-refractivity contribution is 9.10. The van der Waals surface area contributed by atoms with Gasteiger partial charge in [-0.3, -0.25) is 4.79 Å². The van der Waals surface area contributed by atoms with Crippen LogP contribution in [0.1, 0.15) is 29.7 Å². The van der Waals surface area contributed by atoms with Gasteiger partial charge in [0.1, 0.15) is 10.8 Å². The first kappa shape index (κ1) is 15.6. The van der Waals surface area contributed by atoms with Crippen molar-refractivity contribution < 1.29 is 9.21 Å². The number of nitrogens with zero attached hydrogens (tertiary/aromatic N) is 2. The van der Waals surface area contributed by atoms with Gasteiger partial charge in [0.05, 0.1) is 16.3 Å². The Bertz CT molecular complexity index is 882. The predicted octanol–water partition coefficient (Wildman–Crippen LogP) is 5.03. The molecule has 0 spiro atoms. The molecule has 6 heteroatoms. The lowest BCUT2D eigenvalue weighted by molar-refractivity contribution is -0.126. The Morgan fingerprint density at radius 2 is 2.21 bits per heavy atom. The zero-order valence-corrected chi connectivity index (χ0v) is 15.2. The molecule has 1 aliphatic rings.